The van der Waals surface area contributed by atoms with Crippen molar-refractivity contribution < 1.29 is 14.3 Å². The highest BCUT2D eigenvalue weighted by Gasteiger charge is 2.01. The minimum atomic E-state index is -0.148. The van der Waals surface area contributed by atoms with Gasteiger partial charge in [-0.15, -0.1) is 0 Å². The van der Waals surface area contributed by atoms with Crippen LogP contribution in [-0.2, 0) is 4.79 Å². The molecule has 0 spiro atoms. The van der Waals surface area contributed by atoms with Crippen LogP contribution in [0.15, 0.2) is 72.8 Å². The predicted octanol–water partition coefficient (Wildman–Crippen LogP) is 4.45. The van der Waals surface area contributed by atoms with Gasteiger partial charge >= 0.3 is 0 Å². The lowest BCUT2D eigenvalue weighted by molar-refractivity contribution is -0.116. The first-order chi connectivity index (χ1) is 13.3. The van der Waals surface area contributed by atoms with E-state index in [1.165, 1.54) is 6.08 Å². The number of carbonyl (C=O) groups is 1. The molecular formula is C23H23NO3. The number of carbonyl (C=O) groups excluding carboxylic acids is 1. The summed E-state index contributed by atoms with van der Waals surface area (Å²) in [4.78, 5) is 11.9. The maximum Gasteiger partial charge on any atom is 0.244 e. The van der Waals surface area contributed by atoms with Crippen molar-refractivity contribution in [1.29, 1.82) is 0 Å². The largest absolute Gasteiger partial charge is 0.494 e. The fraction of sp³-hybridized carbons (Fsp3) is 0.174. The monoisotopic (exact) mass is 361 g/mol. The molecule has 138 valence electrons. The van der Waals surface area contributed by atoms with E-state index in [2.05, 4.69) is 17.4 Å². The van der Waals surface area contributed by atoms with Crippen molar-refractivity contribution >= 4 is 22.8 Å². The molecule has 0 saturated carbocycles. The van der Waals surface area contributed by atoms with E-state index < -0.39 is 0 Å². The van der Waals surface area contributed by atoms with Crippen molar-refractivity contribution in [3.63, 3.8) is 0 Å². The zero-order valence-electron chi connectivity index (χ0n) is 15.4. The van der Waals surface area contributed by atoms with Crippen molar-refractivity contribution in [2.45, 2.75) is 6.92 Å². The van der Waals surface area contributed by atoms with Crippen LogP contribution in [0.25, 0.3) is 16.8 Å². The van der Waals surface area contributed by atoms with Crippen molar-refractivity contribution in [1.82, 2.24) is 5.32 Å². The Bertz CT molecular complexity index is 911. The Balaban J connectivity index is 1.45. The fourth-order valence-corrected chi connectivity index (χ4v) is 2.73. The maximum atomic E-state index is 11.9. The van der Waals surface area contributed by atoms with Gasteiger partial charge in [0.05, 0.1) is 13.2 Å². The highest BCUT2D eigenvalue weighted by molar-refractivity contribution is 5.91. The van der Waals surface area contributed by atoms with Gasteiger partial charge in [0, 0.05) is 11.5 Å². The molecular weight excluding hydrogens is 338 g/mol. The molecule has 4 nitrogen and oxygen atoms in total. The molecule has 0 heterocycles. The van der Waals surface area contributed by atoms with Crippen LogP contribution in [0, 0.1) is 0 Å². The van der Waals surface area contributed by atoms with Crippen LogP contribution in [0.1, 0.15) is 12.5 Å². The molecule has 3 aromatic carbocycles. The lowest BCUT2D eigenvalue weighted by Gasteiger charge is -2.09. The highest BCUT2D eigenvalue weighted by atomic mass is 16.5. The third kappa shape index (κ3) is 5.35. The lowest BCUT2D eigenvalue weighted by Crippen LogP contribution is -2.26. The molecule has 0 aliphatic rings. The standard InChI is InChI=1S/C23H23NO3/c1-2-26-20-13-10-18(11-14-20)12-15-23(25)24-16-17-27-22-9-5-7-19-6-3-4-8-21(19)22/h3-15H,2,16-17H2,1H3,(H,24,25)/b15-12+. The molecule has 1 N–H and O–H groups in total. The van der Waals surface area contributed by atoms with E-state index in [9.17, 15) is 4.79 Å². The van der Waals surface area contributed by atoms with Crippen molar-refractivity contribution in [3.05, 3.63) is 78.4 Å². The number of fused-ring (bicyclic) bond motifs is 1. The van der Waals surface area contributed by atoms with E-state index in [4.69, 9.17) is 9.47 Å². The molecule has 0 bridgehead atoms. The van der Waals surface area contributed by atoms with Crippen molar-refractivity contribution in [3.8, 4) is 11.5 Å². The summed E-state index contributed by atoms with van der Waals surface area (Å²) in [5, 5.41) is 5.03. The Labute approximate surface area is 159 Å². The van der Waals surface area contributed by atoms with Crippen LogP contribution >= 0.6 is 0 Å². The van der Waals surface area contributed by atoms with Gasteiger partial charge in [0.15, 0.2) is 0 Å². The number of nitrogens with one attached hydrogen (secondary N) is 1. The minimum absolute atomic E-state index is 0.148. The van der Waals surface area contributed by atoms with E-state index in [0.29, 0.717) is 19.8 Å². The third-order valence-electron chi connectivity index (χ3n) is 4.03. The molecule has 27 heavy (non-hydrogen) atoms. The maximum absolute atomic E-state index is 11.9. The molecule has 0 saturated heterocycles. The first-order valence-corrected chi connectivity index (χ1v) is 9.05. The zero-order chi connectivity index (χ0) is 18.9. The first-order valence-electron chi connectivity index (χ1n) is 9.05. The fourth-order valence-electron chi connectivity index (χ4n) is 2.73. The van der Waals surface area contributed by atoms with Crippen LogP contribution in [0.4, 0.5) is 0 Å². The van der Waals surface area contributed by atoms with E-state index >= 15 is 0 Å². The number of benzene rings is 3. The van der Waals surface area contributed by atoms with Crippen LogP contribution in [0.5, 0.6) is 11.5 Å². The molecule has 4 heteroatoms. The Kier molecular flexibility index (Phi) is 6.47. The van der Waals surface area contributed by atoms with Gasteiger partial charge in [-0.25, -0.2) is 0 Å². The SMILES string of the molecule is CCOc1ccc(/C=C/C(=O)NCCOc2cccc3ccccc23)cc1. The Morgan fingerprint density at radius 1 is 0.963 bits per heavy atom. The summed E-state index contributed by atoms with van der Waals surface area (Å²) in [5.41, 5.74) is 0.945. The second kappa shape index (κ2) is 9.43. The van der Waals surface area contributed by atoms with Gasteiger partial charge in [-0.1, -0.05) is 48.5 Å². The van der Waals surface area contributed by atoms with Crippen LogP contribution in [0.3, 0.4) is 0 Å². The molecule has 3 rings (SSSR count). The number of hydrogen-bond donors (Lipinski definition) is 1. The van der Waals surface area contributed by atoms with Crippen LogP contribution < -0.4 is 14.8 Å². The normalized spacial score (nSPS) is 10.9. The molecule has 0 radical (unpaired) electrons. The molecule has 0 fully saturated rings. The molecule has 0 aromatic heterocycles. The van der Waals surface area contributed by atoms with Crippen LogP contribution in [-0.4, -0.2) is 25.7 Å². The van der Waals surface area contributed by atoms with Gasteiger partial charge in [-0.2, -0.15) is 0 Å². The Hall–Kier alpha value is -3.27. The van der Waals surface area contributed by atoms with Crippen molar-refractivity contribution in [2.24, 2.45) is 0 Å². The number of ether oxygens (including phenoxy) is 2. The highest BCUT2D eigenvalue weighted by Crippen LogP contribution is 2.24. The summed E-state index contributed by atoms with van der Waals surface area (Å²) in [6, 6.07) is 21.6. The number of amides is 1. The average Bonchev–Trinajstić information content (AvgIpc) is 2.71. The Morgan fingerprint density at radius 2 is 1.74 bits per heavy atom. The van der Waals surface area contributed by atoms with Gasteiger partial charge in [0.25, 0.3) is 0 Å². The van der Waals surface area contributed by atoms with Gasteiger partial charge in [-0.05, 0) is 42.1 Å². The molecule has 3 aromatic rings. The molecule has 0 atom stereocenters. The van der Waals surface area contributed by atoms with Gasteiger partial charge in [0.2, 0.25) is 5.91 Å². The topological polar surface area (TPSA) is 47.6 Å². The quantitative estimate of drug-likeness (QED) is 0.476. The molecule has 0 aliphatic carbocycles. The van der Waals surface area contributed by atoms with Crippen molar-refractivity contribution in [2.75, 3.05) is 19.8 Å². The van der Waals surface area contributed by atoms with E-state index in [-0.39, 0.29) is 5.91 Å². The van der Waals surface area contributed by atoms with E-state index in [0.717, 1.165) is 27.8 Å². The van der Waals surface area contributed by atoms with E-state index in [1.807, 2.05) is 61.5 Å². The second-order valence-electron chi connectivity index (χ2n) is 5.95. The average molecular weight is 361 g/mol. The third-order valence-corrected chi connectivity index (χ3v) is 4.03. The number of hydrogen-bond acceptors (Lipinski definition) is 3. The van der Waals surface area contributed by atoms with E-state index in [1.54, 1.807) is 6.08 Å². The first kappa shape index (κ1) is 18.5. The minimum Gasteiger partial charge on any atom is -0.494 e. The molecule has 0 aliphatic heterocycles. The Morgan fingerprint density at radius 3 is 2.56 bits per heavy atom. The smallest absolute Gasteiger partial charge is 0.244 e. The summed E-state index contributed by atoms with van der Waals surface area (Å²) in [6.07, 6.45) is 3.30. The lowest BCUT2D eigenvalue weighted by atomic mass is 10.1. The van der Waals surface area contributed by atoms with Gasteiger partial charge < -0.3 is 14.8 Å². The summed E-state index contributed by atoms with van der Waals surface area (Å²) in [7, 11) is 0. The van der Waals surface area contributed by atoms with Gasteiger partial charge in [0.1, 0.15) is 18.1 Å². The van der Waals surface area contributed by atoms with Gasteiger partial charge in [-0.3, -0.25) is 4.79 Å². The van der Waals surface area contributed by atoms with Crippen LogP contribution in [0.2, 0.25) is 0 Å². The summed E-state index contributed by atoms with van der Waals surface area (Å²) >= 11 is 0. The summed E-state index contributed by atoms with van der Waals surface area (Å²) in [5.74, 6) is 1.50. The molecule has 1 amide bonds. The second-order valence-corrected chi connectivity index (χ2v) is 5.95. The zero-order valence-corrected chi connectivity index (χ0v) is 15.4. The summed E-state index contributed by atoms with van der Waals surface area (Å²) < 4.78 is 11.2. The number of rotatable bonds is 8. The predicted molar refractivity (Wildman–Crippen MR) is 109 cm³/mol. The summed E-state index contributed by atoms with van der Waals surface area (Å²) in [6.45, 7) is 3.44. The molecule has 0 unspecified atom stereocenters.